The van der Waals surface area contributed by atoms with E-state index in [1.807, 2.05) is 0 Å². The van der Waals surface area contributed by atoms with E-state index in [0.717, 1.165) is 17.1 Å². The summed E-state index contributed by atoms with van der Waals surface area (Å²) in [4.78, 5) is 24.7. The number of nitrogens with one attached hydrogen (secondary N) is 2. The summed E-state index contributed by atoms with van der Waals surface area (Å²) in [5.74, 6) is -0.378. The van der Waals surface area contributed by atoms with Gasteiger partial charge in [0.15, 0.2) is 0 Å². The number of carbonyl (C=O) groups is 2. The molecule has 0 radical (unpaired) electrons. The highest BCUT2D eigenvalue weighted by molar-refractivity contribution is 7.89. The molecule has 2 fully saturated rings. The van der Waals surface area contributed by atoms with Crippen LogP contribution < -0.4 is 10.6 Å². The highest BCUT2D eigenvalue weighted by Gasteiger charge is 2.59. The minimum Gasteiger partial charge on any atom is -0.468 e. The van der Waals surface area contributed by atoms with Crippen molar-refractivity contribution < 1.29 is 22.7 Å². The molecule has 8 nitrogen and oxygen atoms in total. The second-order valence-electron chi connectivity index (χ2n) is 9.62. The highest BCUT2D eigenvalue weighted by Crippen LogP contribution is 2.62. The third kappa shape index (κ3) is 4.05. The fourth-order valence-corrected chi connectivity index (χ4v) is 6.79. The van der Waals surface area contributed by atoms with Crippen molar-refractivity contribution in [1.29, 1.82) is 0 Å². The molecule has 1 aromatic rings. The first-order valence-electron chi connectivity index (χ1n) is 10.5. The van der Waals surface area contributed by atoms with E-state index in [0.29, 0.717) is 11.6 Å². The Labute approximate surface area is 184 Å². The first-order chi connectivity index (χ1) is 14.4. The molecular formula is C22H33N3O5S. The van der Waals surface area contributed by atoms with Gasteiger partial charge in [0, 0.05) is 25.7 Å². The molecule has 1 unspecified atom stereocenters. The number of sulfonamides is 1. The van der Waals surface area contributed by atoms with Gasteiger partial charge in [0.25, 0.3) is 5.91 Å². The lowest BCUT2D eigenvalue weighted by Crippen LogP contribution is -2.52. The zero-order valence-corrected chi connectivity index (χ0v) is 19.9. The van der Waals surface area contributed by atoms with Gasteiger partial charge in [0.05, 0.1) is 12.8 Å². The third-order valence-corrected chi connectivity index (χ3v) is 9.17. The quantitative estimate of drug-likeness (QED) is 0.617. The minimum atomic E-state index is -4.02. The number of carbonyl (C=O) groups excluding carboxylic acids is 2. The fraction of sp³-hybridized carbons (Fsp3) is 0.636. The largest absolute Gasteiger partial charge is 0.468 e. The average Bonchev–Trinajstić information content (AvgIpc) is 3.21. The van der Waals surface area contributed by atoms with E-state index in [-0.39, 0.29) is 33.2 Å². The third-order valence-electron chi connectivity index (χ3n) is 7.33. The van der Waals surface area contributed by atoms with Crippen molar-refractivity contribution in [1.82, 2.24) is 9.62 Å². The molecular weight excluding hydrogens is 418 g/mol. The molecule has 3 rings (SSSR count). The Morgan fingerprint density at radius 3 is 2.48 bits per heavy atom. The van der Waals surface area contributed by atoms with Crippen LogP contribution in [0.5, 0.6) is 0 Å². The zero-order valence-electron chi connectivity index (χ0n) is 19.1. The molecule has 2 aliphatic rings. The van der Waals surface area contributed by atoms with Gasteiger partial charge in [0.1, 0.15) is 11.4 Å². The average molecular weight is 452 g/mol. The normalized spacial score (nSPS) is 26.7. The molecule has 2 aliphatic carbocycles. The summed E-state index contributed by atoms with van der Waals surface area (Å²) >= 11 is 0. The predicted octanol–water partition coefficient (Wildman–Crippen LogP) is 2.47. The van der Waals surface area contributed by atoms with Gasteiger partial charge < -0.3 is 15.4 Å². The molecule has 0 saturated heterocycles. The first-order valence-corrected chi connectivity index (χ1v) is 12.0. The maximum absolute atomic E-state index is 13.2. The summed E-state index contributed by atoms with van der Waals surface area (Å²) in [6.07, 6.45) is 3.37. The Morgan fingerprint density at radius 2 is 1.94 bits per heavy atom. The van der Waals surface area contributed by atoms with Crippen LogP contribution in [0.3, 0.4) is 0 Å². The van der Waals surface area contributed by atoms with Crippen LogP contribution in [0, 0.1) is 16.7 Å². The molecule has 0 aliphatic heterocycles. The van der Waals surface area contributed by atoms with Crippen molar-refractivity contribution in [3.63, 3.8) is 0 Å². The van der Waals surface area contributed by atoms with Gasteiger partial charge in [0.2, 0.25) is 10.0 Å². The molecule has 31 heavy (non-hydrogen) atoms. The number of benzene rings is 1. The second kappa shape index (κ2) is 8.09. The molecule has 0 spiro atoms. The summed E-state index contributed by atoms with van der Waals surface area (Å²) in [5, 5.41) is 6.05. The number of likely N-dealkylation sites (N-methyl/N-ethyl adjacent to an activating group) is 1. The zero-order chi connectivity index (χ0) is 23.2. The van der Waals surface area contributed by atoms with Crippen molar-refractivity contribution in [2.24, 2.45) is 16.7 Å². The summed E-state index contributed by atoms with van der Waals surface area (Å²) in [5.41, 5.74) is 0.667. The van der Waals surface area contributed by atoms with Crippen LogP contribution in [-0.4, -0.2) is 58.4 Å². The molecule has 0 aromatic heterocycles. The van der Waals surface area contributed by atoms with Gasteiger partial charge in [-0.2, -0.15) is 4.31 Å². The Morgan fingerprint density at radius 1 is 1.26 bits per heavy atom. The van der Waals surface area contributed by atoms with Gasteiger partial charge in [-0.1, -0.05) is 20.8 Å². The van der Waals surface area contributed by atoms with Gasteiger partial charge in [-0.05, 0) is 54.2 Å². The standard InChI is InChI=1S/C22H33N3O5S/c1-21(2)15-9-10-22(3,12-15)20(21)24-19(27)14-7-8-16(23-4)17(11-14)31(28,29)25(5)13-18(26)30-6/h7-8,11,15,20,23H,9-10,12-13H2,1-6H3,(H,24,27)/t15-,20?,22+/m1/s1. The van der Waals surface area contributed by atoms with Crippen molar-refractivity contribution in [2.45, 2.75) is 51.0 Å². The Balaban J connectivity index is 1.90. The molecule has 1 amide bonds. The number of ether oxygens (including phenoxy) is 1. The van der Waals surface area contributed by atoms with E-state index in [1.165, 1.54) is 26.6 Å². The lowest BCUT2D eigenvalue weighted by molar-refractivity contribution is -0.140. The molecule has 9 heteroatoms. The predicted molar refractivity (Wildman–Crippen MR) is 118 cm³/mol. The van der Waals surface area contributed by atoms with E-state index >= 15 is 0 Å². The number of esters is 1. The lowest BCUT2D eigenvalue weighted by atomic mass is 9.68. The van der Waals surface area contributed by atoms with E-state index in [2.05, 4.69) is 36.1 Å². The van der Waals surface area contributed by atoms with Crippen LogP contribution in [0.1, 0.15) is 50.4 Å². The van der Waals surface area contributed by atoms with Crippen molar-refractivity contribution in [2.75, 3.05) is 33.1 Å². The number of rotatable bonds is 7. The van der Waals surface area contributed by atoms with Crippen molar-refractivity contribution in [3.05, 3.63) is 23.8 Å². The van der Waals surface area contributed by atoms with Crippen LogP contribution in [0.25, 0.3) is 0 Å². The van der Waals surface area contributed by atoms with E-state index in [1.54, 1.807) is 19.2 Å². The van der Waals surface area contributed by atoms with Crippen LogP contribution in [0.4, 0.5) is 5.69 Å². The molecule has 2 saturated carbocycles. The molecule has 0 heterocycles. The van der Waals surface area contributed by atoms with Crippen LogP contribution in [0.15, 0.2) is 23.1 Å². The fourth-order valence-electron chi connectivity index (χ4n) is 5.46. The van der Waals surface area contributed by atoms with Gasteiger partial charge in [-0.25, -0.2) is 8.42 Å². The minimum absolute atomic E-state index is 0.0107. The van der Waals surface area contributed by atoms with Crippen LogP contribution in [-0.2, 0) is 19.6 Å². The molecule has 1 aromatic carbocycles. The highest BCUT2D eigenvalue weighted by atomic mass is 32.2. The number of anilines is 1. The van der Waals surface area contributed by atoms with E-state index in [9.17, 15) is 18.0 Å². The molecule has 2 N–H and O–H groups in total. The van der Waals surface area contributed by atoms with Gasteiger partial charge >= 0.3 is 5.97 Å². The maximum Gasteiger partial charge on any atom is 0.321 e. The number of fused-ring (bicyclic) bond motifs is 2. The molecule has 3 atom stereocenters. The SMILES string of the molecule is CNc1ccc(C(=O)NC2C(C)(C)[C@@H]3CC[C@@]2(C)C3)cc1S(=O)(=O)N(C)CC(=O)OC. The summed E-state index contributed by atoms with van der Waals surface area (Å²) in [7, 11) is 0.0822. The Bertz CT molecular complexity index is 986. The van der Waals surface area contributed by atoms with Crippen molar-refractivity contribution >= 4 is 27.6 Å². The maximum atomic E-state index is 13.2. The lowest BCUT2D eigenvalue weighted by Gasteiger charge is -2.43. The topological polar surface area (TPSA) is 105 Å². The number of hydrogen-bond donors (Lipinski definition) is 2. The number of methoxy groups -OCH3 is 1. The first kappa shape index (κ1) is 23.5. The summed E-state index contributed by atoms with van der Waals surface area (Å²) in [6, 6.07) is 4.58. The van der Waals surface area contributed by atoms with Crippen LogP contribution >= 0.6 is 0 Å². The molecule has 2 bridgehead atoms. The Kier molecular flexibility index (Phi) is 6.14. The van der Waals surface area contributed by atoms with Crippen LogP contribution in [0.2, 0.25) is 0 Å². The summed E-state index contributed by atoms with van der Waals surface area (Å²) < 4.78 is 31.7. The van der Waals surface area contributed by atoms with Crippen molar-refractivity contribution in [3.8, 4) is 0 Å². The van der Waals surface area contributed by atoms with Gasteiger partial charge in [-0.15, -0.1) is 0 Å². The number of nitrogens with zero attached hydrogens (tertiary/aromatic N) is 1. The summed E-state index contributed by atoms with van der Waals surface area (Å²) in [6.45, 7) is 6.21. The molecule has 172 valence electrons. The second-order valence-corrected chi connectivity index (χ2v) is 11.6. The monoisotopic (exact) mass is 451 g/mol. The Hall–Kier alpha value is -2.13. The van der Waals surface area contributed by atoms with Gasteiger partial charge in [-0.3, -0.25) is 9.59 Å². The van der Waals surface area contributed by atoms with E-state index in [4.69, 9.17) is 0 Å². The number of hydrogen-bond acceptors (Lipinski definition) is 6. The van der Waals surface area contributed by atoms with E-state index < -0.39 is 22.5 Å². The number of amides is 1. The smallest absolute Gasteiger partial charge is 0.321 e.